The van der Waals surface area contributed by atoms with Gasteiger partial charge < -0.3 is 19.9 Å². The largest absolute Gasteiger partial charge is 0.476 e. The number of carbonyl (C=O) groups excluding carboxylic acids is 1. The van der Waals surface area contributed by atoms with E-state index in [-0.39, 0.29) is 24.4 Å². The minimum Gasteiger partial charge on any atom is -0.476 e. The van der Waals surface area contributed by atoms with Crippen LogP contribution >= 0.6 is 0 Å². The van der Waals surface area contributed by atoms with Crippen LogP contribution in [0.2, 0.25) is 0 Å². The average molecular weight is 322 g/mol. The molecule has 1 amide bonds. The van der Waals surface area contributed by atoms with E-state index in [2.05, 4.69) is 10.3 Å². The number of carboxylic acid groups (broad SMARTS) is 1. The van der Waals surface area contributed by atoms with Crippen LogP contribution in [0.4, 0.5) is 13.2 Å². The summed E-state index contributed by atoms with van der Waals surface area (Å²) in [4.78, 5) is 25.3. The molecular weight excluding hydrogens is 309 g/mol. The molecule has 0 radical (unpaired) electrons. The number of alkyl halides is 3. The number of carboxylic acids is 1. The van der Waals surface area contributed by atoms with Crippen molar-refractivity contribution in [2.24, 2.45) is 5.92 Å². The first-order valence-electron chi connectivity index (χ1n) is 6.38. The number of hydrogen-bond donors (Lipinski definition) is 3. The molecule has 3 unspecified atom stereocenters. The summed E-state index contributed by atoms with van der Waals surface area (Å²) in [6.45, 7) is 0. The molecule has 1 aliphatic heterocycles. The van der Waals surface area contributed by atoms with Gasteiger partial charge in [-0.2, -0.15) is 13.2 Å². The maximum absolute atomic E-state index is 12.8. The Morgan fingerprint density at radius 3 is 2.77 bits per heavy atom. The van der Waals surface area contributed by atoms with Crippen LogP contribution in [0.25, 0.3) is 0 Å². The van der Waals surface area contributed by atoms with E-state index < -0.39 is 42.5 Å². The highest BCUT2D eigenvalue weighted by Gasteiger charge is 2.50. The molecule has 0 saturated carbocycles. The van der Waals surface area contributed by atoms with Gasteiger partial charge in [0.05, 0.1) is 18.4 Å². The Kier molecular flexibility index (Phi) is 4.40. The van der Waals surface area contributed by atoms with E-state index >= 15 is 0 Å². The number of oxazole rings is 1. The lowest BCUT2D eigenvalue weighted by Crippen LogP contribution is -2.39. The van der Waals surface area contributed by atoms with E-state index in [1.807, 2.05) is 0 Å². The molecular formula is C12H13F3N2O5. The lowest BCUT2D eigenvalue weighted by atomic mass is 9.94. The maximum Gasteiger partial charge on any atom is 0.394 e. The Labute approximate surface area is 122 Å². The van der Waals surface area contributed by atoms with Crippen LogP contribution in [0, 0.1) is 5.92 Å². The second kappa shape index (κ2) is 5.95. The van der Waals surface area contributed by atoms with Crippen LogP contribution in [0.1, 0.15) is 29.2 Å². The number of aliphatic hydroxyl groups is 1. The number of nitrogens with zero attached hydrogens (tertiary/aromatic N) is 1. The summed E-state index contributed by atoms with van der Waals surface area (Å²) in [6.07, 6.45) is -6.16. The molecule has 1 saturated heterocycles. The topological polar surface area (TPSA) is 113 Å². The molecule has 3 atom stereocenters. The number of nitrogens with one attached hydrogen (secondary N) is 1. The zero-order chi connectivity index (χ0) is 16.5. The van der Waals surface area contributed by atoms with Gasteiger partial charge in [0, 0.05) is 12.5 Å². The Bertz CT molecular complexity index is 571. The normalized spacial score (nSPS) is 23.4. The monoisotopic (exact) mass is 322 g/mol. The first-order chi connectivity index (χ1) is 10.2. The molecule has 22 heavy (non-hydrogen) atoms. The molecule has 0 aliphatic carbocycles. The van der Waals surface area contributed by atoms with Crippen molar-refractivity contribution < 1.29 is 37.4 Å². The first kappa shape index (κ1) is 16.3. The maximum atomic E-state index is 12.8. The Balaban J connectivity index is 1.97. The van der Waals surface area contributed by atoms with E-state index in [0.29, 0.717) is 0 Å². The minimum absolute atomic E-state index is 0.0993. The standard InChI is InChI=1S/C12H13F3N2O5/c13-12(14,15)6-3-9(19)16-7(6)1-5(18)2-10-17-8(4-22-10)11(20)21/h4-7,18H,1-3H2,(H,16,19)(H,20,21). The number of aromatic carboxylic acids is 1. The van der Waals surface area contributed by atoms with Crippen molar-refractivity contribution in [3.8, 4) is 0 Å². The summed E-state index contributed by atoms with van der Waals surface area (Å²) in [5.41, 5.74) is -0.357. The summed E-state index contributed by atoms with van der Waals surface area (Å²) in [7, 11) is 0. The van der Waals surface area contributed by atoms with Gasteiger partial charge in [-0.1, -0.05) is 0 Å². The van der Waals surface area contributed by atoms with Gasteiger partial charge in [-0.3, -0.25) is 4.79 Å². The average Bonchev–Trinajstić information content (AvgIpc) is 2.95. The van der Waals surface area contributed by atoms with Gasteiger partial charge in [0.1, 0.15) is 6.26 Å². The van der Waals surface area contributed by atoms with Crippen LogP contribution in [0.3, 0.4) is 0 Å². The van der Waals surface area contributed by atoms with Crippen molar-refractivity contribution in [2.75, 3.05) is 0 Å². The first-order valence-corrected chi connectivity index (χ1v) is 6.38. The highest BCUT2D eigenvalue weighted by Crippen LogP contribution is 2.36. The molecule has 1 fully saturated rings. The molecule has 1 aliphatic rings. The molecule has 1 aromatic heterocycles. The van der Waals surface area contributed by atoms with E-state index in [1.54, 1.807) is 0 Å². The quantitative estimate of drug-likeness (QED) is 0.737. The van der Waals surface area contributed by atoms with Crippen molar-refractivity contribution in [3.05, 3.63) is 17.8 Å². The molecule has 0 bridgehead atoms. The fourth-order valence-electron chi connectivity index (χ4n) is 2.36. The van der Waals surface area contributed by atoms with E-state index in [4.69, 9.17) is 9.52 Å². The Hall–Kier alpha value is -2.10. The number of hydrogen-bond acceptors (Lipinski definition) is 5. The predicted octanol–water partition coefficient (Wildman–Crippen LogP) is 0.733. The fourth-order valence-corrected chi connectivity index (χ4v) is 2.36. The zero-order valence-electron chi connectivity index (χ0n) is 11.1. The number of rotatable bonds is 5. The highest BCUT2D eigenvalue weighted by atomic mass is 19.4. The SMILES string of the molecule is O=C1CC(C(F)(F)F)C(CC(O)Cc2nc(C(=O)O)co2)N1. The smallest absolute Gasteiger partial charge is 0.394 e. The lowest BCUT2D eigenvalue weighted by Gasteiger charge is -2.23. The van der Waals surface area contributed by atoms with Gasteiger partial charge >= 0.3 is 12.1 Å². The predicted molar refractivity (Wildman–Crippen MR) is 63.9 cm³/mol. The van der Waals surface area contributed by atoms with E-state index in [9.17, 15) is 27.9 Å². The molecule has 3 N–H and O–H groups in total. The van der Waals surface area contributed by atoms with Crippen LogP contribution in [-0.4, -0.2) is 45.4 Å². The van der Waals surface area contributed by atoms with Gasteiger partial charge in [0.15, 0.2) is 11.6 Å². The van der Waals surface area contributed by atoms with Crippen LogP contribution in [0.15, 0.2) is 10.7 Å². The highest BCUT2D eigenvalue weighted by molar-refractivity contribution is 5.84. The summed E-state index contributed by atoms with van der Waals surface area (Å²) in [6, 6.07) is -1.23. The van der Waals surface area contributed by atoms with Gasteiger partial charge in [0.25, 0.3) is 0 Å². The van der Waals surface area contributed by atoms with E-state index in [0.717, 1.165) is 6.26 Å². The molecule has 2 rings (SSSR count). The molecule has 122 valence electrons. The number of aromatic nitrogens is 1. The van der Waals surface area contributed by atoms with Crippen LogP contribution < -0.4 is 5.32 Å². The summed E-state index contributed by atoms with van der Waals surface area (Å²) >= 11 is 0. The third kappa shape index (κ3) is 3.75. The van der Waals surface area contributed by atoms with Crippen LogP contribution in [0.5, 0.6) is 0 Å². The molecule has 1 aromatic rings. The molecule has 7 nitrogen and oxygen atoms in total. The Morgan fingerprint density at radius 1 is 1.55 bits per heavy atom. The second-order valence-electron chi connectivity index (χ2n) is 5.05. The fraction of sp³-hybridized carbons (Fsp3) is 0.583. The third-order valence-electron chi connectivity index (χ3n) is 3.36. The minimum atomic E-state index is -4.54. The summed E-state index contributed by atoms with van der Waals surface area (Å²) in [5, 5.41) is 20.7. The van der Waals surface area contributed by atoms with E-state index in [1.165, 1.54) is 0 Å². The van der Waals surface area contributed by atoms with Crippen molar-refractivity contribution in [2.45, 2.75) is 37.6 Å². The van der Waals surface area contributed by atoms with Gasteiger partial charge in [-0.25, -0.2) is 9.78 Å². The van der Waals surface area contributed by atoms with Crippen LogP contribution in [-0.2, 0) is 11.2 Å². The molecule has 0 spiro atoms. The molecule has 10 heteroatoms. The van der Waals surface area contributed by atoms with Crippen molar-refractivity contribution >= 4 is 11.9 Å². The van der Waals surface area contributed by atoms with Crippen molar-refractivity contribution in [3.63, 3.8) is 0 Å². The number of halogens is 3. The van der Waals surface area contributed by atoms with Crippen molar-refractivity contribution in [1.29, 1.82) is 0 Å². The molecule has 2 heterocycles. The van der Waals surface area contributed by atoms with Gasteiger partial charge in [-0.05, 0) is 6.42 Å². The summed E-state index contributed by atoms with van der Waals surface area (Å²) in [5.74, 6) is -3.99. The molecule has 0 aromatic carbocycles. The lowest BCUT2D eigenvalue weighted by molar-refractivity contribution is -0.178. The summed E-state index contributed by atoms with van der Waals surface area (Å²) < 4.78 is 43.2. The number of amides is 1. The van der Waals surface area contributed by atoms with Gasteiger partial charge in [0.2, 0.25) is 5.91 Å². The van der Waals surface area contributed by atoms with Gasteiger partial charge in [-0.15, -0.1) is 0 Å². The second-order valence-corrected chi connectivity index (χ2v) is 5.05. The number of aliphatic hydroxyl groups excluding tert-OH is 1. The number of carbonyl (C=O) groups is 2. The Morgan fingerprint density at radius 2 is 2.23 bits per heavy atom. The zero-order valence-corrected chi connectivity index (χ0v) is 11.1. The third-order valence-corrected chi connectivity index (χ3v) is 3.36. The van der Waals surface area contributed by atoms with Crippen molar-refractivity contribution in [1.82, 2.24) is 10.3 Å².